The third-order valence-corrected chi connectivity index (χ3v) is 13.8. The summed E-state index contributed by atoms with van der Waals surface area (Å²) in [7, 11) is 0. The van der Waals surface area contributed by atoms with Crippen LogP contribution >= 0.6 is 23.4 Å². The quantitative estimate of drug-likeness (QED) is 0.0858. The molecule has 2 amide bonds. The molecule has 2 aromatic rings. The molecule has 50 heavy (non-hydrogen) atoms. The molecule has 0 bridgehead atoms. The summed E-state index contributed by atoms with van der Waals surface area (Å²) in [6.45, 7) is 9.75. The van der Waals surface area contributed by atoms with Crippen molar-refractivity contribution in [1.29, 1.82) is 0 Å². The second-order valence-electron chi connectivity index (χ2n) is 16.6. The minimum absolute atomic E-state index is 0.0480. The van der Waals surface area contributed by atoms with Gasteiger partial charge in [0.05, 0.1) is 17.8 Å². The van der Waals surface area contributed by atoms with E-state index in [2.05, 4.69) is 54.7 Å². The number of nitrogens with one attached hydrogen (secondary N) is 2. The van der Waals surface area contributed by atoms with E-state index in [1.54, 1.807) is 0 Å². The lowest BCUT2D eigenvalue weighted by molar-refractivity contribution is -0.119. The average Bonchev–Trinajstić information content (AvgIpc) is 3.77. The molecule has 1 saturated carbocycles. The smallest absolute Gasteiger partial charge is 0.315 e. The molecule has 0 spiro atoms. The number of carbonyl (C=O) groups is 2. The van der Waals surface area contributed by atoms with Crippen LogP contribution < -0.4 is 15.4 Å². The van der Waals surface area contributed by atoms with E-state index >= 15 is 0 Å². The predicted molar refractivity (Wildman–Crippen MR) is 201 cm³/mol. The lowest BCUT2D eigenvalue weighted by Crippen LogP contribution is -2.47. The number of rotatable bonds is 17. The number of ketones is 1. The molecule has 3 fully saturated rings. The van der Waals surface area contributed by atoms with Crippen molar-refractivity contribution in [3.63, 3.8) is 0 Å². The van der Waals surface area contributed by atoms with E-state index in [1.807, 2.05) is 28.7 Å². The van der Waals surface area contributed by atoms with Crippen LogP contribution in [0, 0.1) is 11.8 Å². The molecule has 2 saturated heterocycles. The summed E-state index contributed by atoms with van der Waals surface area (Å²) in [5.74, 6) is 4.17. The van der Waals surface area contributed by atoms with Gasteiger partial charge in [0.15, 0.2) is 0 Å². The molecule has 3 aliphatic heterocycles. The molecule has 4 aliphatic rings. The Morgan fingerprint density at radius 3 is 2.76 bits per heavy atom. The molecule has 11 heteroatoms. The SMILES string of the molecule is CC(C)(CCCCCCCl)c1cc(O)c2c(c1)OC(C)(C)[C@@H]1CC[C@@H](Cn3cc(CCC(=O)CCCC[C@@H]4SC[C@@H]5NC(=O)N[C@@H]54)nn3)C[C@@H]21. The number of aromatic nitrogens is 3. The number of fused-ring (bicyclic) bond motifs is 4. The average molecular weight is 728 g/mol. The van der Waals surface area contributed by atoms with Crippen molar-refractivity contribution < 1.29 is 19.4 Å². The number of urea groups is 1. The molecule has 0 radical (unpaired) electrons. The minimum atomic E-state index is -0.310. The first-order valence-electron chi connectivity index (χ1n) is 19.1. The number of phenols is 1. The van der Waals surface area contributed by atoms with Crippen LogP contribution in [0.15, 0.2) is 18.3 Å². The maximum Gasteiger partial charge on any atom is 0.315 e. The van der Waals surface area contributed by atoms with E-state index in [4.69, 9.17) is 16.3 Å². The molecule has 4 heterocycles. The van der Waals surface area contributed by atoms with Gasteiger partial charge in [-0.15, -0.1) is 16.7 Å². The highest BCUT2D eigenvalue weighted by atomic mass is 35.5. The third-order valence-electron chi connectivity index (χ3n) is 12.0. The van der Waals surface area contributed by atoms with Gasteiger partial charge >= 0.3 is 6.03 Å². The first kappa shape index (κ1) is 37.3. The van der Waals surface area contributed by atoms with Crippen molar-refractivity contribution in [2.45, 2.75) is 158 Å². The summed E-state index contributed by atoms with van der Waals surface area (Å²) in [5, 5.41) is 26.9. The maximum absolute atomic E-state index is 12.7. The van der Waals surface area contributed by atoms with Crippen molar-refractivity contribution in [2.75, 3.05) is 11.6 Å². The number of amides is 2. The van der Waals surface area contributed by atoms with Crippen LogP contribution in [-0.2, 0) is 23.2 Å². The second-order valence-corrected chi connectivity index (χ2v) is 18.2. The molecule has 1 aromatic heterocycles. The first-order chi connectivity index (χ1) is 23.9. The molecular formula is C39H58ClN5O4S. The third kappa shape index (κ3) is 8.76. The molecule has 9 nitrogen and oxygen atoms in total. The Balaban J connectivity index is 0.990. The monoisotopic (exact) mass is 727 g/mol. The number of aromatic hydroxyl groups is 1. The van der Waals surface area contributed by atoms with Gasteiger partial charge in [-0.25, -0.2) is 4.79 Å². The van der Waals surface area contributed by atoms with Gasteiger partial charge in [0, 0.05) is 53.9 Å². The fourth-order valence-electron chi connectivity index (χ4n) is 9.06. The summed E-state index contributed by atoms with van der Waals surface area (Å²) >= 11 is 7.79. The number of unbranched alkanes of at least 4 members (excludes halogenated alkanes) is 4. The van der Waals surface area contributed by atoms with E-state index in [0.29, 0.717) is 42.1 Å². The minimum Gasteiger partial charge on any atom is -0.508 e. The van der Waals surface area contributed by atoms with Crippen LogP contribution in [0.4, 0.5) is 4.79 Å². The Morgan fingerprint density at radius 1 is 1.12 bits per heavy atom. The molecule has 1 aromatic carbocycles. The lowest BCUT2D eigenvalue weighted by Gasteiger charge is -2.49. The number of Topliss-reactive ketones (excluding diaryl/α,β-unsaturated/α-hetero) is 1. The fraction of sp³-hybridized carbons (Fsp3) is 0.744. The van der Waals surface area contributed by atoms with E-state index in [1.165, 1.54) is 6.42 Å². The van der Waals surface area contributed by atoms with Crippen molar-refractivity contribution in [3.8, 4) is 11.5 Å². The standard InChI is InChI=1S/C39H58ClN5O4S/c1-38(2,17-9-5-6-10-18-40)26-20-32(47)35-29-19-25(13-16-30(29)39(3,4)49-33(35)21-26)22-45-23-27(43-44-45)14-15-28(46)11-7-8-12-34-36-31(24-50-34)41-37(48)42-36/h20-21,23,25,29-31,34,36,47H,5-19,22,24H2,1-4H3,(H2,41,42,48)/t25-,29-,30-,31+,34+,36+/m1/s1. The molecule has 1 aliphatic carbocycles. The predicted octanol–water partition coefficient (Wildman–Crippen LogP) is 8.05. The summed E-state index contributed by atoms with van der Waals surface area (Å²) in [4.78, 5) is 24.3. The van der Waals surface area contributed by atoms with Gasteiger partial charge in [0.2, 0.25) is 0 Å². The van der Waals surface area contributed by atoms with Crippen LogP contribution in [0.5, 0.6) is 11.5 Å². The van der Waals surface area contributed by atoms with Crippen molar-refractivity contribution in [2.24, 2.45) is 11.8 Å². The number of alkyl halides is 1. The van der Waals surface area contributed by atoms with E-state index < -0.39 is 0 Å². The normalized spacial score (nSPS) is 26.8. The number of halogens is 1. The van der Waals surface area contributed by atoms with Gasteiger partial charge in [-0.1, -0.05) is 44.7 Å². The van der Waals surface area contributed by atoms with E-state index in [-0.39, 0.29) is 40.8 Å². The van der Waals surface area contributed by atoms with Gasteiger partial charge < -0.3 is 20.5 Å². The molecule has 3 N–H and O–H groups in total. The largest absolute Gasteiger partial charge is 0.508 e. The lowest BCUT2D eigenvalue weighted by atomic mass is 9.63. The van der Waals surface area contributed by atoms with Gasteiger partial charge in [-0.05, 0) is 100 Å². The maximum atomic E-state index is 12.7. The summed E-state index contributed by atoms with van der Waals surface area (Å²) in [6.07, 6.45) is 15.3. The van der Waals surface area contributed by atoms with E-state index in [0.717, 1.165) is 105 Å². The van der Waals surface area contributed by atoms with Crippen LogP contribution in [-0.4, -0.2) is 66.5 Å². The molecule has 0 unspecified atom stereocenters. The van der Waals surface area contributed by atoms with Gasteiger partial charge in [-0.3, -0.25) is 9.48 Å². The zero-order valence-corrected chi connectivity index (χ0v) is 32.1. The molecule has 6 atom stereocenters. The number of carbonyl (C=O) groups excluding carboxylic acids is 2. The number of ether oxygens (including phenoxy) is 1. The Morgan fingerprint density at radius 2 is 1.94 bits per heavy atom. The zero-order valence-electron chi connectivity index (χ0n) is 30.5. The fourth-order valence-corrected chi connectivity index (χ4v) is 10.8. The second kappa shape index (κ2) is 16.1. The Hall–Kier alpha value is -2.46. The number of hydrogen-bond donors (Lipinski definition) is 3. The summed E-state index contributed by atoms with van der Waals surface area (Å²) in [6, 6.07) is 4.64. The Labute approximate surface area is 307 Å². The van der Waals surface area contributed by atoms with E-state index in [9.17, 15) is 14.7 Å². The Kier molecular flexibility index (Phi) is 12.0. The number of nitrogens with zero attached hydrogens (tertiary/aromatic N) is 3. The molecule has 6 rings (SSSR count). The van der Waals surface area contributed by atoms with Crippen molar-refractivity contribution >= 4 is 35.2 Å². The number of thioether (sulfide) groups is 1. The van der Waals surface area contributed by atoms with Gasteiger partial charge in [0.25, 0.3) is 0 Å². The van der Waals surface area contributed by atoms with Crippen LogP contribution in [0.1, 0.15) is 134 Å². The van der Waals surface area contributed by atoms with Crippen molar-refractivity contribution in [1.82, 2.24) is 25.6 Å². The molecule has 276 valence electrons. The van der Waals surface area contributed by atoms with Gasteiger partial charge in [0.1, 0.15) is 22.9 Å². The number of benzene rings is 1. The summed E-state index contributed by atoms with van der Waals surface area (Å²) in [5.41, 5.74) is 2.62. The Bertz CT molecular complexity index is 1500. The number of hydrogen-bond acceptors (Lipinski definition) is 7. The van der Waals surface area contributed by atoms with Crippen molar-refractivity contribution in [3.05, 3.63) is 35.2 Å². The zero-order chi connectivity index (χ0) is 35.5. The van der Waals surface area contributed by atoms with Crippen LogP contribution in [0.25, 0.3) is 0 Å². The highest BCUT2D eigenvalue weighted by Gasteiger charge is 2.48. The highest BCUT2D eigenvalue weighted by Crippen LogP contribution is 2.56. The number of aryl methyl sites for hydroxylation is 1. The number of phenolic OH excluding ortho intramolecular Hbond substituents is 1. The van der Waals surface area contributed by atoms with Crippen LogP contribution in [0.3, 0.4) is 0 Å². The van der Waals surface area contributed by atoms with Crippen LogP contribution in [0.2, 0.25) is 0 Å². The summed E-state index contributed by atoms with van der Waals surface area (Å²) < 4.78 is 8.65. The topological polar surface area (TPSA) is 118 Å². The molecular weight excluding hydrogens is 670 g/mol. The highest BCUT2D eigenvalue weighted by molar-refractivity contribution is 8.00. The van der Waals surface area contributed by atoms with Gasteiger partial charge in [-0.2, -0.15) is 11.8 Å². The first-order valence-corrected chi connectivity index (χ1v) is 20.7.